The Labute approximate surface area is 125 Å². The fraction of sp³-hybridized carbons (Fsp3) is 0.188. The van der Waals surface area contributed by atoms with E-state index >= 15 is 0 Å². The number of benzene rings is 2. The van der Waals surface area contributed by atoms with Crippen molar-refractivity contribution in [3.63, 3.8) is 0 Å². The largest absolute Gasteiger partial charge is 0.331 e. The van der Waals surface area contributed by atoms with E-state index in [1.54, 1.807) is 0 Å². The Kier molecular flexibility index (Phi) is 4.58. The molecule has 4 heteroatoms. The summed E-state index contributed by atoms with van der Waals surface area (Å²) in [5.74, 6) is 0. The zero-order chi connectivity index (χ0) is 14.5. The Morgan fingerprint density at radius 1 is 0.950 bits per heavy atom. The van der Waals surface area contributed by atoms with E-state index in [1.165, 1.54) is 11.1 Å². The van der Waals surface area contributed by atoms with Crippen LogP contribution < -0.4 is 16.2 Å². The summed E-state index contributed by atoms with van der Waals surface area (Å²) in [6.45, 7) is 6.17. The number of nitrogens with one attached hydrogen (secondary N) is 3. The van der Waals surface area contributed by atoms with E-state index in [2.05, 4.69) is 61.2 Å². The molecule has 2 aromatic carbocycles. The van der Waals surface area contributed by atoms with Crippen molar-refractivity contribution in [3.8, 4) is 0 Å². The number of hydrogen-bond donors (Lipinski definition) is 3. The highest BCUT2D eigenvalue weighted by molar-refractivity contribution is 7.80. The Morgan fingerprint density at radius 2 is 1.70 bits per heavy atom. The van der Waals surface area contributed by atoms with Crippen molar-refractivity contribution in [1.29, 1.82) is 0 Å². The first-order valence-electron chi connectivity index (χ1n) is 6.51. The van der Waals surface area contributed by atoms with Gasteiger partial charge in [0, 0.05) is 5.69 Å². The molecule has 0 amide bonds. The summed E-state index contributed by atoms with van der Waals surface area (Å²) in [5, 5.41) is 3.74. The Hall–Kier alpha value is -2.07. The number of hydrogen-bond acceptors (Lipinski definition) is 2. The molecule has 0 radical (unpaired) electrons. The highest BCUT2D eigenvalue weighted by Gasteiger charge is 2.01. The van der Waals surface area contributed by atoms with Crippen LogP contribution in [0.5, 0.6) is 0 Å². The average molecular weight is 285 g/mol. The molecule has 0 spiro atoms. The first-order valence-corrected chi connectivity index (χ1v) is 6.92. The molecule has 0 atom stereocenters. The minimum absolute atomic E-state index is 0.542. The van der Waals surface area contributed by atoms with Gasteiger partial charge in [0.1, 0.15) is 0 Å². The Bertz CT molecular complexity index is 623. The van der Waals surface area contributed by atoms with Gasteiger partial charge in [0.2, 0.25) is 0 Å². The molecule has 3 N–H and O–H groups in total. The van der Waals surface area contributed by atoms with Gasteiger partial charge in [-0.1, -0.05) is 24.3 Å². The predicted octanol–water partition coefficient (Wildman–Crippen LogP) is 3.93. The molecule has 0 fully saturated rings. The summed E-state index contributed by atoms with van der Waals surface area (Å²) in [6.07, 6.45) is 0. The van der Waals surface area contributed by atoms with Crippen LogP contribution in [0.15, 0.2) is 42.5 Å². The molecule has 0 unspecified atom stereocenters. The second-order valence-corrected chi connectivity index (χ2v) is 5.30. The number of hydrazine groups is 1. The SMILES string of the molecule is Cc1cccc(NNC(=S)Nc2cc(C)ccc2C)c1. The van der Waals surface area contributed by atoms with Crippen LogP contribution >= 0.6 is 12.2 Å². The van der Waals surface area contributed by atoms with Gasteiger partial charge >= 0.3 is 0 Å². The fourth-order valence-corrected chi connectivity index (χ4v) is 2.04. The summed E-state index contributed by atoms with van der Waals surface area (Å²) in [7, 11) is 0. The molecular weight excluding hydrogens is 266 g/mol. The van der Waals surface area contributed by atoms with Crippen LogP contribution in [0.25, 0.3) is 0 Å². The molecule has 0 aliphatic heterocycles. The van der Waals surface area contributed by atoms with Crippen LogP contribution in [-0.4, -0.2) is 5.11 Å². The number of anilines is 2. The van der Waals surface area contributed by atoms with Gasteiger partial charge < -0.3 is 5.32 Å². The van der Waals surface area contributed by atoms with Gasteiger partial charge in [0.15, 0.2) is 5.11 Å². The molecule has 0 saturated heterocycles. The number of aryl methyl sites for hydroxylation is 3. The van der Waals surface area contributed by atoms with E-state index in [9.17, 15) is 0 Å². The lowest BCUT2D eigenvalue weighted by Crippen LogP contribution is -2.33. The van der Waals surface area contributed by atoms with Gasteiger partial charge in [0.05, 0.1) is 5.69 Å². The van der Waals surface area contributed by atoms with E-state index in [-0.39, 0.29) is 0 Å². The van der Waals surface area contributed by atoms with Gasteiger partial charge in [0.25, 0.3) is 0 Å². The standard InChI is InChI=1S/C16H19N3S/c1-11-5-4-6-14(9-11)18-19-16(20)17-15-10-12(2)7-8-13(15)3/h4-10,18H,1-3H3,(H2,17,19,20). The lowest BCUT2D eigenvalue weighted by Gasteiger charge is -2.14. The number of rotatable bonds is 3. The highest BCUT2D eigenvalue weighted by Crippen LogP contribution is 2.16. The molecule has 3 nitrogen and oxygen atoms in total. The van der Waals surface area contributed by atoms with Crippen molar-refractivity contribution >= 4 is 28.7 Å². The lowest BCUT2D eigenvalue weighted by molar-refractivity contribution is 1.13. The summed E-state index contributed by atoms with van der Waals surface area (Å²) < 4.78 is 0. The second kappa shape index (κ2) is 6.39. The highest BCUT2D eigenvalue weighted by atomic mass is 32.1. The number of thiocarbonyl (C=S) groups is 1. The third-order valence-corrected chi connectivity index (χ3v) is 3.18. The van der Waals surface area contributed by atoms with E-state index in [0.29, 0.717) is 5.11 Å². The van der Waals surface area contributed by atoms with Gasteiger partial charge in [-0.2, -0.15) is 0 Å². The Balaban J connectivity index is 1.94. The van der Waals surface area contributed by atoms with Crippen LogP contribution in [0.3, 0.4) is 0 Å². The van der Waals surface area contributed by atoms with E-state index in [4.69, 9.17) is 12.2 Å². The smallest absolute Gasteiger partial charge is 0.189 e. The molecule has 0 bridgehead atoms. The van der Waals surface area contributed by atoms with Crippen LogP contribution in [0.2, 0.25) is 0 Å². The van der Waals surface area contributed by atoms with Crippen LogP contribution in [0, 0.1) is 20.8 Å². The summed E-state index contributed by atoms with van der Waals surface area (Å²) in [4.78, 5) is 0. The van der Waals surface area contributed by atoms with Crippen LogP contribution in [0.1, 0.15) is 16.7 Å². The summed E-state index contributed by atoms with van der Waals surface area (Å²) in [5.41, 5.74) is 11.6. The van der Waals surface area contributed by atoms with Crippen molar-refractivity contribution in [3.05, 3.63) is 59.2 Å². The minimum Gasteiger partial charge on any atom is -0.331 e. The van der Waals surface area contributed by atoms with E-state index in [0.717, 1.165) is 16.9 Å². The molecule has 2 aromatic rings. The molecule has 0 aliphatic carbocycles. The molecule has 2 rings (SSSR count). The zero-order valence-corrected chi connectivity index (χ0v) is 12.8. The maximum Gasteiger partial charge on any atom is 0.189 e. The lowest BCUT2D eigenvalue weighted by atomic mass is 10.1. The van der Waals surface area contributed by atoms with Gasteiger partial charge in [-0.15, -0.1) is 0 Å². The monoisotopic (exact) mass is 285 g/mol. The van der Waals surface area contributed by atoms with Gasteiger partial charge in [-0.05, 0) is 67.9 Å². The zero-order valence-electron chi connectivity index (χ0n) is 11.9. The van der Waals surface area contributed by atoms with Gasteiger partial charge in [-0.3, -0.25) is 10.9 Å². The molecular formula is C16H19N3S. The summed E-state index contributed by atoms with van der Waals surface area (Å²) in [6, 6.07) is 14.3. The molecule has 0 aromatic heterocycles. The maximum atomic E-state index is 5.29. The van der Waals surface area contributed by atoms with E-state index in [1.807, 2.05) is 18.2 Å². The third-order valence-electron chi connectivity index (χ3n) is 2.98. The molecule has 0 heterocycles. The third kappa shape index (κ3) is 3.96. The van der Waals surface area contributed by atoms with Crippen molar-refractivity contribution in [2.45, 2.75) is 20.8 Å². The van der Waals surface area contributed by atoms with Crippen molar-refractivity contribution in [2.75, 3.05) is 10.7 Å². The Morgan fingerprint density at radius 3 is 2.45 bits per heavy atom. The van der Waals surface area contributed by atoms with Crippen molar-refractivity contribution < 1.29 is 0 Å². The second-order valence-electron chi connectivity index (χ2n) is 4.89. The molecule has 0 saturated carbocycles. The normalized spacial score (nSPS) is 9.95. The molecule has 104 valence electrons. The van der Waals surface area contributed by atoms with Crippen molar-refractivity contribution in [2.24, 2.45) is 0 Å². The summed E-state index contributed by atoms with van der Waals surface area (Å²) >= 11 is 5.29. The molecule has 20 heavy (non-hydrogen) atoms. The maximum absolute atomic E-state index is 5.29. The minimum atomic E-state index is 0.542. The predicted molar refractivity (Wildman–Crippen MR) is 90.1 cm³/mol. The average Bonchev–Trinajstić information content (AvgIpc) is 2.41. The quantitative estimate of drug-likeness (QED) is 0.590. The first kappa shape index (κ1) is 14.3. The van der Waals surface area contributed by atoms with E-state index < -0.39 is 0 Å². The van der Waals surface area contributed by atoms with Crippen LogP contribution in [0.4, 0.5) is 11.4 Å². The van der Waals surface area contributed by atoms with Crippen LogP contribution in [-0.2, 0) is 0 Å². The van der Waals surface area contributed by atoms with Gasteiger partial charge in [-0.25, -0.2) is 0 Å². The topological polar surface area (TPSA) is 36.1 Å². The molecule has 0 aliphatic rings. The first-order chi connectivity index (χ1) is 9.54. The van der Waals surface area contributed by atoms with Crippen molar-refractivity contribution in [1.82, 2.24) is 5.43 Å². The fourth-order valence-electron chi connectivity index (χ4n) is 1.88.